The van der Waals surface area contributed by atoms with Crippen molar-refractivity contribution in [3.8, 4) is 0 Å². The number of imidazole rings is 1. The topological polar surface area (TPSA) is 43.3 Å². The fourth-order valence-electron chi connectivity index (χ4n) is 3.02. The summed E-state index contributed by atoms with van der Waals surface area (Å²) in [7, 11) is 0. The van der Waals surface area contributed by atoms with Crippen molar-refractivity contribution in [2.24, 2.45) is 5.73 Å². The van der Waals surface area contributed by atoms with Crippen LogP contribution in [0.2, 0.25) is 0 Å². The summed E-state index contributed by atoms with van der Waals surface area (Å²) in [5.41, 5.74) is 8.70. The normalized spacial score (nSPS) is 18.9. The first kappa shape index (κ1) is 10.3. The van der Waals surface area contributed by atoms with Crippen LogP contribution in [0.1, 0.15) is 37.1 Å². The van der Waals surface area contributed by atoms with E-state index in [0.29, 0.717) is 5.41 Å². The van der Waals surface area contributed by atoms with Crippen LogP contribution in [0.25, 0.3) is 4.96 Å². The van der Waals surface area contributed by atoms with Crippen molar-refractivity contribution in [1.82, 2.24) is 9.38 Å². The quantitative estimate of drug-likeness (QED) is 0.888. The first-order valence-corrected chi connectivity index (χ1v) is 6.77. The molecule has 3 nitrogen and oxygen atoms in total. The first-order valence-electron chi connectivity index (χ1n) is 5.89. The zero-order chi connectivity index (χ0) is 11.2. The van der Waals surface area contributed by atoms with E-state index in [0.717, 1.165) is 17.9 Å². The molecule has 1 saturated carbocycles. The number of thiazole rings is 1. The molecule has 0 radical (unpaired) electrons. The van der Waals surface area contributed by atoms with Gasteiger partial charge >= 0.3 is 0 Å². The molecule has 0 aliphatic heterocycles. The van der Waals surface area contributed by atoms with Crippen molar-refractivity contribution in [3.05, 3.63) is 23.0 Å². The molecule has 4 heteroatoms. The van der Waals surface area contributed by atoms with Crippen LogP contribution in [0.4, 0.5) is 0 Å². The Kier molecular flexibility index (Phi) is 2.30. The van der Waals surface area contributed by atoms with Gasteiger partial charge < -0.3 is 5.73 Å². The Morgan fingerprint density at radius 2 is 2.38 bits per heavy atom. The summed E-state index contributed by atoms with van der Waals surface area (Å²) < 4.78 is 2.27. The molecule has 2 heterocycles. The van der Waals surface area contributed by atoms with E-state index in [1.165, 1.54) is 30.7 Å². The van der Waals surface area contributed by atoms with E-state index in [2.05, 4.69) is 27.9 Å². The Morgan fingerprint density at radius 1 is 1.56 bits per heavy atom. The van der Waals surface area contributed by atoms with Crippen LogP contribution in [0.3, 0.4) is 0 Å². The second kappa shape index (κ2) is 3.57. The average molecular weight is 235 g/mol. The molecule has 0 bridgehead atoms. The van der Waals surface area contributed by atoms with Crippen LogP contribution in [0, 0.1) is 6.92 Å². The third kappa shape index (κ3) is 1.26. The minimum atomic E-state index is 0.319. The lowest BCUT2D eigenvalue weighted by Crippen LogP contribution is -2.38. The third-order valence-electron chi connectivity index (χ3n) is 3.87. The molecule has 1 aliphatic rings. The molecule has 2 aromatic heterocycles. The Hall–Kier alpha value is -0.870. The molecule has 0 saturated heterocycles. The molecular weight excluding hydrogens is 218 g/mol. The summed E-state index contributed by atoms with van der Waals surface area (Å²) in [6, 6.07) is 0. The van der Waals surface area contributed by atoms with Gasteiger partial charge in [0.15, 0.2) is 4.96 Å². The summed E-state index contributed by atoms with van der Waals surface area (Å²) in [6.45, 7) is 2.91. The highest BCUT2D eigenvalue weighted by atomic mass is 32.1. The Balaban J connectivity index is 2.15. The van der Waals surface area contributed by atoms with E-state index in [9.17, 15) is 0 Å². The van der Waals surface area contributed by atoms with Crippen LogP contribution in [-0.2, 0) is 5.41 Å². The third-order valence-corrected chi connectivity index (χ3v) is 4.63. The largest absolute Gasteiger partial charge is 0.330 e. The molecule has 86 valence electrons. The highest BCUT2D eigenvalue weighted by molar-refractivity contribution is 7.15. The standard InChI is InChI=1S/C12H17N3S/c1-9-10(12(5-6-13)3-2-4-12)15-7-8-16-11(15)14-9/h7-8H,2-6,13H2,1H3. The van der Waals surface area contributed by atoms with Crippen molar-refractivity contribution < 1.29 is 0 Å². The van der Waals surface area contributed by atoms with Crippen LogP contribution >= 0.6 is 11.3 Å². The number of fused-ring (bicyclic) bond motifs is 1. The molecule has 2 aromatic rings. The Labute approximate surface area is 99.3 Å². The molecule has 16 heavy (non-hydrogen) atoms. The van der Waals surface area contributed by atoms with Gasteiger partial charge in [-0.3, -0.25) is 4.40 Å². The number of hydrogen-bond acceptors (Lipinski definition) is 3. The fraction of sp³-hybridized carbons (Fsp3) is 0.583. The lowest BCUT2D eigenvalue weighted by atomic mass is 9.64. The van der Waals surface area contributed by atoms with Gasteiger partial charge in [-0.15, -0.1) is 11.3 Å². The molecule has 0 aromatic carbocycles. The van der Waals surface area contributed by atoms with Crippen molar-refractivity contribution in [2.45, 2.75) is 38.0 Å². The van der Waals surface area contributed by atoms with Gasteiger partial charge in [0.2, 0.25) is 0 Å². The summed E-state index contributed by atoms with van der Waals surface area (Å²) >= 11 is 1.71. The smallest absolute Gasteiger partial charge is 0.194 e. The number of hydrogen-bond donors (Lipinski definition) is 1. The zero-order valence-corrected chi connectivity index (χ0v) is 10.4. The number of aromatic nitrogens is 2. The molecule has 0 unspecified atom stereocenters. The number of nitrogens with zero attached hydrogens (tertiary/aromatic N) is 2. The fourth-order valence-corrected chi connectivity index (χ4v) is 3.78. The van der Waals surface area contributed by atoms with Gasteiger partial charge in [-0.05, 0) is 32.7 Å². The van der Waals surface area contributed by atoms with E-state index in [4.69, 9.17) is 5.73 Å². The zero-order valence-electron chi connectivity index (χ0n) is 9.57. The second-order valence-electron chi connectivity index (χ2n) is 4.77. The molecule has 0 atom stereocenters. The van der Waals surface area contributed by atoms with Gasteiger partial charge in [-0.1, -0.05) is 6.42 Å². The van der Waals surface area contributed by atoms with Gasteiger partial charge in [0.25, 0.3) is 0 Å². The summed E-state index contributed by atoms with van der Waals surface area (Å²) in [4.78, 5) is 5.77. The number of aryl methyl sites for hydroxylation is 1. The predicted octanol–water partition coefficient (Wildman–Crippen LogP) is 2.47. The monoisotopic (exact) mass is 235 g/mol. The second-order valence-corrected chi connectivity index (χ2v) is 5.65. The molecular formula is C12H17N3S. The molecule has 0 amide bonds. The molecule has 0 spiro atoms. The van der Waals surface area contributed by atoms with Crippen LogP contribution in [-0.4, -0.2) is 15.9 Å². The van der Waals surface area contributed by atoms with Gasteiger partial charge in [0.05, 0.1) is 11.4 Å². The summed E-state index contributed by atoms with van der Waals surface area (Å²) in [5.74, 6) is 0. The van der Waals surface area contributed by atoms with Crippen LogP contribution in [0.5, 0.6) is 0 Å². The Bertz CT molecular complexity index is 507. The SMILES string of the molecule is Cc1nc2sccn2c1C1(CCN)CCC1. The van der Waals surface area contributed by atoms with E-state index in [1.54, 1.807) is 11.3 Å². The van der Waals surface area contributed by atoms with Gasteiger partial charge in [-0.2, -0.15) is 0 Å². The van der Waals surface area contributed by atoms with Gasteiger partial charge in [-0.25, -0.2) is 4.98 Å². The number of nitrogens with two attached hydrogens (primary N) is 1. The average Bonchev–Trinajstić information content (AvgIpc) is 2.72. The maximum Gasteiger partial charge on any atom is 0.194 e. The highest BCUT2D eigenvalue weighted by Gasteiger charge is 2.41. The lowest BCUT2D eigenvalue weighted by molar-refractivity contribution is 0.220. The van der Waals surface area contributed by atoms with Crippen molar-refractivity contribution in [2.75, 3.05) is 6.54 Å². The van der Waals surface area contributed by atoms with E-state index in [1.807, 2.05) is 0 Å². The molecule has 1 aliphatic carbocycles. The molecule has 1 fully saturated rings. The van der Waals surface area contributed by atoms with E-state index in [-0.39, 0.29) is 0 Å². The highest BCUT2D eigenvalue weighted by Crippen LogP contribution is 2.47. The van der Waals surface area contributed by atoms with Crippen LogP contribution in [0.15, 0.2) is 11.6 Å². The van der Waals surface area contributed by atoms with E-state index < -0.39 is 0 Å². The maximum atomic E-state index is 5.77. The Morgan fingerprint density at radius 3 is 3.00 bits per heavy atom. The van der Waals surface area contributed by atoms with E-state index >= 15 is 0 Å². The molecule has 2 N–H and O–H groups in total. The summed E-state index contributed by atoms with van der Waals surface area (Å²) in [6.07, 6.45) is 7.11. The summed E-state index contributed by atoms with van der Waals surface area (Å²) in [5, 5.41) is 2.11. The molecule has 3 rings (SSSR count). The maximum absolute atomic E-state index is 5.77. The first-order chi connectivity index (χ1) is 7.77. The minimum absolute atomic E-state index is 0.319. The minimum Gasteiger partial charge on any atom is -0.330 e. The number of rotatable bonds is 3. The van der Waals surface area contributed by atoms with Crippen molar-refractivity contribution >= 4 is 16.3 Å². The van der Waals surface area contributed by atoms with Gasteiger partial charge in [0.1, 0.15) is 0 Å². The lowest BCUT2D eigenvalue weighted by Gasteiger charge is -2.42. The predicted molar refractivity (Wildman–Crippen MR) is 67.0 cm³/mol. The van der Waals surface area contributed by atoms with Gasteiger partial charge in [0, 0.05) is 17.0 Å². The van der Waals surface area contributed by atoms with Crippen molar-refractivity contribution in [1.29, 1.82) is 0 Å². The van der Waals surface area contributed by atoms with Crippen LogP contribution < -0.4 is 5.73 Å². The van der Waals surface area contributed by atoms with Crippen molar-refractivity contribution in [3.63, 3.8) is 0 Å².